The molecule has 7 heteroatoms. The first-order valence-electron chi connectivity index (χ1n) is 5.24. The number of nitrogens with zero attached hydrogens (tertiary/aromatic N) is 1. The smallest absolute Gasteiger partial charge is 0.307 e. The van der Waals surface area contributed by atoms with Crippen molar-refractivity contribution in [2.24, 2.45) is 11.7 Å². The molecule has 0 fully saturated rings. The summed E-state index contributed by atoms with van der Waals surface area (Å²) in [5.41, 5.74) is 5.85. The van der Waals surface area contributed by atoms with Gasteiger partial charge in [-0.2, -0.15) is 0 Å². The zero-order valence-electron chi connectivity index (χ0n) is 9.51. The Morgan fingerprint density at radius 2 is 2.35 bits per heavy atom. The molecule has 0 aliphatic rings. The van der Waals surface area contributed by atoms with Crippen LogP contribution in [0.25, 0.3) is 0 Å². The quantitative estimate of drug-likeness (QED) is 0.506. The number of aliphatic carboxylic acids is 1. The average Bonchev–Trinajstić information content (AvgIpc) is 2.78. The van der Waals surface area contributed by atoms with Crippen LogP contribution in [0.5, 0.6) is 0 Å². The van der Waals surface area contributed by atoms with E-state index >= 15 is 0 Å². The van der Waals surface area contributed by atoms with Crippen LogP contribution in [0.2, 0.25) is 0 Å². The van der Waals surface area contributed by atoms with Crippen LogP contribution in [0.3, 0.4) is 0 Å². The van der Waals surface area contributed by atoms with Gasteiger partial charge in [0.05, 0.1) is 18.9 Å². The normalized spacial score (nSPS) is 14.0. The number of aromatic nitrogens is 2. The largest absolute Gasteiger partial charge is 0.481 e. The third-order valence-electron chi connectivity index (χ3n) is 2.64. The van der Waals surface area contributed by atoms with E-state index in [1.54, 1.807) is 13.1 Å². The number of carbonyl (C=O) groups excluding carboxylic acids is 1. The van der Waals surface area contributed by atoms with Gasteiger partial charge in [0, 0.05) is 24.2 Å². The van der Waals surface area contributed by atoms with Crippen molar-refractivity contribution in [1.29, 1.82) is 0 Å². The number of imidazole rings is 1. The van der Waals surface area contributed by atoms with Crippen LogP contribution >= 0.6 is 0 Å². The molecule has 0 aliphatic heterocycles. The second kappa shape index (κ2) is 6.00. The lowest BCUT2D eigenvalue weighted by molar-refractivity contribution is -0.144. The van der Waals surface area contributed by atoms with E-state index in [1.165, 1.54) is 6.33 Å². The minimum absolute atomic E-state index is 0.00358. The van der Waals surface area contributed by atoms with Crippen molar-refractivity contribution in [3.05, 3.63) is 18.2 Å². The third kappa shape index (κ3) is 3.56. The van der Waals surface area contributed by atoms with Crippen LogP contribution in [0.1, 0.15) is 25.0 Å². The fraction of sp³-hybridized carbons (Fsp3) is 0.500. The highest BCUT2D eigenvalue weighted by atomic mass is 16.4. The van der Waals surface area contributed by atoms with E-state index in [-0.39, 0.29) is 24.9 Å². The molecule has 0 aromatic carbocycles. The Hall–Kier alpha value is -1.89. The highest BCUT2D eigenvalue weighted by Crippen LogP contribution is 2.25. The van der Waals surface area contributed by atoms with E-state index < -0.39 is 11.9 Å². The fourth-order valence-electron chi connectivity index (χ4n) is 1.60. The zero-order chi connectivity index (χ0) is 12.8. The molecule has 1 amide bonds. The molecule has 1 aromatic rings. The highest BCUT2D eigenvalue weighted by molar-refractivity contribution is 5.82. The monoisotopic (exact) mass is 240 g/mol. The van der Waals surface area contributed by atoms with Crippen LogP contribution in [-0.4, -0.2) is 33.6 Å². The minimum atomic E-state index is -1.01. The van der Waals surface area contributed by atoms with Crippen LogP contribution in [-0.2, 0) is 9.59 Å². The molecule has 2 unspecified atom stereocenters. The number of carboxylic acids is 1. The molecule has 1 aromatic heterocycles. The molecule has 2 atom stereocenters. The Morgan fingerprint density at radius 3 is 2.82 bits per heavy atom. The molecule has 1 heterocycles. The molecule has 5 N–H and O–H groups in total. The first-order chi connectivity index (χ1) is 8.06. The van der Waals surface area contributed by atoms with Gasteiger partial charge >= 0.3 is 5.97 Å². The van der Waals surface area contributed by atoms with E-state index in [2.05, 4.69) is 15.3 Å². The number of hydrogen-bond donors (Lipinski definition) is 4. The van der Waals surface area contributed by atoms with Crippen LogP contribution in [0.4, 0.5) is 0 Å². The first kappa shape index (κ1) is 13.2. The van der Waals surface area contributed by atoms with Crippen molar-refractivity contribution in [3.8, 4) is 0 Å². The van der Waals surface area contributed by atoms with Crippen molar-refractivity contribution in [2.75, 3.05) is 6.67 Å². The average molecular weight is 240 g/mol. The molecule has 0 bridgehead atoms. The Kier molecular flexibility index (Phi) is 4.65. The summed E-state index contributed by atoms with van der Waals surface area (Å²) >= 11 is 0. The van der Waals surface area contributed by atoms with Gasteiger partial charge < -0.3 is 21.1 Å². The van der Waals surface area contributed by atoms with Crippen molar-refractivity contribution in [3.63, 3.8) is 0 Å². The summed E-state index contributed by atoms with van der Waals surface area (Å²) in [6.07, 6.45) is 2.93. The van der Waals surface area contributed by atoms with Crippen molar-refractivity contribution in [2.45, 2.75) is 19.3 Å². The number of hydrogen-bond acceptors (Lipinski definition) is 4. The Labute approximate surface area is 98.4 Å². The molecular weight excluding hydrogens is 224 g/mol. The van der Waals surface area contributed by atoms with E-state index in [1.807, 2.05) is 0 Å². The third-order valence-corrected chi connectivity index (χ3v) is 2.64. The number of nitrogens with two attached hydrogens (primary N) is 1. The minimum Gasteiger partial charge on any atom is -0.481 e. The molecule has 0 aliphatic carbocycles. The van der Waals surface area contributed by atoms with Crippen LogP contribution in [0.15, 0.2) is 12.5 Å². The second-order valence-electron chi connectivity index (χ2n) is 3.75. The summed E-state index contributed by atoms with van der Waals surface area (Å²) in [4.78, 5) is 29.2. The van der Waals surface area contributed by atoms with Gasteiger partial charge in [-0.15, -0.1) is 0 Å². The van der Waals surface area contributed by atoms with E-state index in [0.29, 0.717) is 5.69 Å². The molecule has 94 valence electrons. The summed E-state index contributed by atoms with van der Waals surface area (Å²) in [5, 5.41) is 11.5. The van der Waals surface area contributed by atoms with Gasteiger partial charge in [0.25, 0.3) is 0 Å². The van der Waals surface area contributed by atoms with Crippen molar-refractivity contribution >= 4 is 11.9 Å². The lowest BCUT2D eigenvalue weighted by Gasteiger charge is -2.18. The summed E-state index contributed by atoms with van der Waals surface area (Å²) < 4.78 is 0. The van der Waals surface area contributed by atoms with E-state index in [0.717, 1.165) is 0 Å². The summed E-state index contributed by atoms with van der Waals surface area (Å²) in [6.45, 7) is 1.74. The number of carboxylic acid groups (broad SMARTS) is 1. The summed E-state index contributed by atoms with van der Waals surface area (Å²) in [6, 6.07) is 0. The van der Waals surface area contributed by atoms with Crippen molar-refractivity contribution < 1.29 is 14.7 Å². The predicted molar refractivity (Wildman–Crippen MR) is 59.9 cm³/mol. The molecule has 0 saturated heterocycles. The molecular formula is C10H16N4O3. The Bertz CT molecular complexity index is 377. The predicted octanol–water partition coefficient (Wildman–Crippen LogP) is -0.363. The lowest BCUT2D eigenvalue weighted by Crippen LogP contribution is -2.34. The van der Waals surface area contributed by atoms with Gasteiger partial charge in [-0.25, -0.2) is 4.98 Å². The standard InChI is InChI=1S/C10H16N4O3/c1-6(8-3-12-5-14-8)7(10(16)17)2-9(15)13-4-11/h3,5-7H,2,4,11H2,1H3,(H,12,14)(H,13,15)(H,16,17). The van der Waals surface area contributed by atoms with Gasteiger partial charge in [-0.3, -0.25) is 9.59 Å². The number of aromatic amines is 1. The Balaban J connectivity index is 2.72. The van der Waals surface area contributed by atoms with Gasteiger partial charge in [0.1, 0.15) is 0 Å². The van der Waals surface area contributed by atoms with Gasteiger partial charge in [0.15, 0.2) is 0 Å². The second-order valence-corrected chi connectivity index (χ2v) is 3.75. The molecule has 1 rings (SSSR count). The maximum atomic E-state index is 11.4. The van der Waals surface area contributed by atoms with Crippen LogP contribution < -0.4 is 11.1 Å². The van der Waals surface area contributed by atoms with Gasteiger partial charge in [0.2, 0.25) is 5.91 Å². The first-order valence-corrected chi connectivity index (χ1v) is 5.24. The maximum absolute atomic E-state index is 11.4. The summed E-state index contributed by atoms with van der Waals surface area (Å²) in [5.74, 6) is -2.51. The number of nitrogens with one attached hydrogen (secondary N) is 2. The fourth-order valence-corrected chi connectivity index (χ4v) is 1.60. The molecule has 0 saturated carbocycles. The van der Waals surface area contributed by atoms with Crippen LogP contribution in [0, 0.1) is 5.92 Å². The Morgan fingerprint density at radius 1 is 1.65 bits per heavy atom. The topological polar surface area (TPSA) is 121 Å². The lowest BCUT2D eigenvalue weighted by atomic mass is 9.88. The molecule has 0 spiro atoms. The van der Waals surface area contributed by atoms with E-state index in [4.69, 9.17) is 10.8 Å². The van der Waals surface area contributed by atoms with Gasteiger partial charge in [-0.05, 0) is 0 Å². The number of amides is 1. The SMILES string of the molecule is CC(c1cnc[nH]1)C(CC(=O)NCN)C(=O)O. The molecule has 17 heavy (non-hydrogen) atoms. The highest BCUT2D eigenvalue weighted by Gasteiger charge is 2.29. The number of carbonyl (C=O) groups is 2. The maximum Gasteiger partial charge on any atom is 0.307 e. The molecule has 7 nitrogen and oxygen atoms in total. The van der Waals surface area contributed by atoms with E-state index in [9.17, 15) is 9.59 Å². The van der Waals surface area contributed by atoms with Gasteiger partial charge in [-0.1, -0.05) is 6.92 Å². The number of H-pyrrole nitrogens is 1. The zero-order valence-corrected chi connectivity index (χ0v) is 9.51. The van der Waals surface area contributed by atoms with Crippen molar-refractivity contribution in [1.82, 2.24) is 15.3 Å². The number of rotatable bonds is 6. The molecule has 0 radical (unpaired) electrons. The summed E-state index contributed by atoms with van der Waals surface area (Å²) in [7, 11) is 0.